The van der Waals surface area contributed by atoms with Gasteiger partial charge in [-0.1, -0.05) is 63.4 Å². The number of hydrogen-bond donors (Lipinski definition) is 1. The lowest BCUT2D eigenvalue weighted by Crippen LogP contribution is -2.17. The molecule has 3 aromatic rings. The summed E-state index contributed by atoms with van der Waals surface area (Å²) in [5.41, 5.74) is 2.58. The molecule has 0 aromatic heterocycles. The number of rotatable bonds is 8. The van der Waals surface area contributed by atoms with Crippen LogP contribution in [0, 0.1) is 5.82 Å². The van der Waals surface area contributed by atoms with Crippen molar-refractivity contribution in [3.05, 3.63) is 97.7 Å². The lowest BCUT2D eigenvalue weighted by molar-refractivity contribution is 0.302. The van der Waals surface area contributed by atoms with Crippen LogP contribution in [0.25, 0.3) is 0 Å². The number of ether oxygens (including phenoxy) is 1. The molecular formula is C22H19BrCl2FNO. The molecule has 0 fully saturated rings. The molecule has 0 aliphatic heterocycles. The van der Waals surface area contributed by atoms with E-state index in [-0.39, 0.29) is 5.82 Å². The largest absolute Gasteiger partial charge is 0.489 e. The van der Waals surface area contributed by atoms with Gasteiger partial charge in [0.15, 0.2) is 0 Å². The molecule has 146 valence electrons. The molecule has 0 unspecified atom stereocenters. The Kier molecular flexibility index (Phi) is 7.74. The standard InChI is InChI=1S/C22H19BrCl2FNO/c23-18-6-8-22(28-14-16-5-7-19(24)12-20(16)25)17(11-18)13-27-10-9-15-3-1-2-4-21(15)26/h1-8,11-12,27H,9-10,13-14H2. The third-order valence-corrected chi connectivity index (χ3v) is 5.35. The summed E-state index contributed by atoms with van der Waals surface area (Å²) >= 11 is 15.7. The van der Waals surface area contributed by atoms with Crippen molar-refractivity contribution in [1.82, 2.24) is 5.32 Å². The van der Waals surface area contributed by atoms with Crippen LogP contribution >= 0.6 is 39.1 Å². The minimum atomic E-state index is -0.171. The molecule has 6 heteroatoms. The Morgan fingerprint density at radius 2 is 1.75 bits per heavy atom. The maximum atomic E-state index is 13.7. The van der Waals surface area contributed by atoms with Gasteiger partial charge in [-0.25, -0.2) is 4.39 Å². The molecule has 0 bridgehead atoms. The number of halogens is 4. The normalized spacial score (nSPS) is 10.9. The van der Waals surface area contributed by atoms with Gasteiger partial charge in [0.1, 0.15) is 18.2 Å². The van der Waals surface area contributed by atoms with Crippen LogP contribution in [-0.2, 0) is 19.6 Å². The van der Waals surface area contributed by atoms with Crippen molar-refractivity contribution in [1.29, 1.82) is 0 Å². The number of hydrogen-bond acceptors (Lipinski definition) is 2. The highest BCUT2D eigenvalue weighted by molar-refractivity contribution is 9.10. The Balaban J connectivity index is 1.59. The zero-order valence-corrected chi connectivity index (χ0v) is 18.1. The fourth-order valence-corrected chi connectivity index (χ4v) is 3.64. The van der Waals surface area contributed by atoms with Crippen molar-refractivity contribution in [3.63, 3.8) is 0 Å². The molecule has 0 aliphatic carbocycles. The van der Waals surface area contributed by atoms with Gasteiger partial charge in [0.05, 0.1) is 0 Å². The first-order valence-electron chi connectivity index (χ1n) is 8.82. The molecule has 0 aliphatic rings. The van der Waals surface area contributed by atoms with E-state index < -0.39 is 0 Å². The molecule has 1 N–H and O–H groups in total. The summed E-state index contributed by atoms with van der Waals surface area (Å²) in [6.45, 7) is 1.62. The lowest BCUT2D eigenvalue weighted by Gasteiger charge is -2.14. The van der Waals surface area contributed by atoms with Crippen LogP contribution in [0.15, 0.2) is 65.1 Å². The highest BCUT2D eigenvalue weighted by atomic mass is 79.9. The predicted octanol–water partition coefficient (Wildman–Crippen LogP) is 6.81. The molecule has 3 rings (SSSR count). The van der Waals surface area contributed by atoms with Crippen molar-refractivity contribution in [3.8, 4) is 5.75 Å². The first-order chi connectivity index (χ1) is 13.5. The summed E-state index contributed by atoms with van der Waals surface area (Å²) in [4.78, 5) is 0. The lowest BCUT2D eigenvalue weighted by atomic mass is 10.1. The van der Waals surface area contributed by atoms with Gasteiger partial charge < -0.3 is 10.1 Å². The van der Waals surface area contributed by atoms with E-state index in [1.54, 1.807) is 24.3 Å². The topological polar surface area (TPSA) is 21.3 Å². The van der Waals surface area contributed by atoms with E-state index in [9.17, 15) is 4.39 Å². The Hall–Kier alpha value is -1.59. The summed E-state index contributed by atoms with van der Waals surface area (Å²) < 4.78 is 20.7. The zero-order valence-electron chi connectivity index (χ0n) is 15.0. The molecule has 0 radical (unpaired) electrons. The fourth-order valence-electron chi connectivity index (χ4n) is 2.77. The van der Waals surface area contributed by atoms with E-state index in [1.807, 2.05) is 30.3 Å². The predicted molar refractivity (Wildman–Crippen MR) is 117 cm³/mol. The van der Waals surface area contributed by atoms with Crippen molar-refractivity contribution < 1.29 is 9.13 Å². The first kappa shape index (κ1) is 21.1. The van der Waals surface area contributed by atoms with Gasteiger partial charge in [-0.05, 0) is 54.9 Å². The third-order valence-electron chi connectivity index (χ3n) is 4.27. The van der Waals surface area contributed by atoms with Gasteiger partial charge in [-0.2, -0.15) is 0 Å². The summed E-state index contributed by atoms with van der Waals surface area (Å²) in [6, 6.07) is 18.0. The van der Waals surface area contributed by atoms with Crippen molar-refractivity contribution in [2.75, 3.05) is 6.54 Å². The monoisotopic (exact) mass is 481 g/mol. The summed E-state index contributed by atoms with van der Waals surface area (Å²) in [6.07, 6.45) is 0.622. The molecule has 3 aromatic carbocycles. The zero-order chi connectivity index (χ0) is 19.9. The molecule has 0 saturated heterocycles. The summed E-state index contributed by atoms with van der Waals surface area (Å²) in [5, 5.41) is 4.52. The van der Waals surface area contributed by atoms with Crippen molar-refractivity contribution in [2.45, 2.75) is 19.6 Å². The highest BCUT2D eigenvalue weighted by Gasteiger charge is 2.08. The van der Waals surface area contributed by atoms with Gasteiger partial charge >= 0.3 is 0 Å². The van der Waals surface area contributed by atoms with Gasteiger partial charge in [0.2, 0.25) is 0 Å². The molecule has 2 nitrogen and oxygen atoms in total. The first-order valence-corrected chi connectivity index (χ1v) is 10.4. The average Bonchev–Trinajstić information content (AvgIpc) is 2.67. The van der Waals surface area contributed by atoms with E-state index in [4.69, 9.17) is 27.9 Å². The summed E-state index contributed by atoms with van der Waals surface area (Å²) in [7, 11) is 0. The Bertz CT molecular complexity index is 952. The smallest absolute Gasteiger partial charge is 0.126 e. The molecule has 0 saturated carbocycles. The van der Waals surface area contributed by atoms with Gasteiger partial charge in [-0.15, -0.1) is 0 Å². The van der Waals surface area contributed by atoms with Crippen LogP contribution in [0.1, 0.15) is 16.7 Å². The summed E-state index contributed by atoms with van der Waals surface area (Å²) in [5.74, 6) is 0.600. The minimum absolute atomic E-state index is 0.171. The molecule has 28 heavy (non-hydrogen) atoms. The van der Waals surface area contributed by atoms with Crippen LogP contribution in [0.3, 0.4) is 0 Å². The molecule has 0 atom stereocenters. The Labute approximate surface area is 182 Å². The second-order valence-electron chi connectivity index (χ2n) is 6.29. The van der Waals surface area contributed by atoms with Crippen LogP contribution in [0.4, 0.5) is 4.39 Å². The van der Waals surface area contributed by atoms with E-state index in [2.05, 4.69) is 21.2 Å². The Morgan fingerprint density at radius 1 is 0.929 bits per heavy atom. The van der Waals surface area contributed by atoms with E-state index in [1.165, 1.54) is 6.07 Å². The fraction of sp³-hybridized carbons (Fsp3) is 0.182. The van der Waals surface area contributed by atoms with Crippen LogP contribution in [0.5, 0.6) is 5.75 Å². The molecular weight excluding hydrogens is 464 g/mol. The van der Waals surface area contributed by atoms with Gasteiger partial charge in [-0.3, -0.25) is 0 Å². The molecule has 0 amide bonds. The minimum Gasteiger partial charge on any atom is -0.489 e. The molecule has 0 spiro atoms. The molecule has 0 heterocycles. The Morgan fingerprint density at radius 3 is 2.54 bits per heavy atom. The van der Waals surface area contributed by atoms with Gasteiger partial charge in [0, 0.05) is 32.2 Å². The van der Waals surface area contributed by atoms with Crippen molar-refractivity contribution >= 4 is 39.1 Å². The second kappa shape index (κ2) is 10.3. The third kappa shape index (κ3) is 5.95. The second-order valence-corrected chi connectivity index (χ2v) is 8.05. The quantitative estimate of drug-likeness (QED) is 0.356. The van der Waals surface area contributed by atoms with Crippen LogP contribution < -0.4 is 10.1 Å². The maximum absolute atomic E-state index is 13.7. The van der Waals surface area contributed by atoms with Crippen LogP contribution in [0.2, 0.25) is 10.0 Å². The SMILES string of the molecule is Fc1ccccc1CCNCc1cc(Br)ccc1OCc1ccc(Cl)cc1Cl. The highest BCUT2D eigenvalue weighted by Crippen LogP contribution is 2.26. The van der Waals surface area contributed by atoms with E-state index in [0.29, 0.717) is 41.7 Å². The average molecular weight is 483 g/mol. The van der Waals surface area contributed by atoms with Crippen molar-refractivity contribution in [2.24, 2.45) is 0 Å². The van der Waals surface area contributed by atoms with Crippen LogP contribution in [-0.4, -0.2) is 6.54 Å². The van der Waals surface area contributed by atoms with Gasteiger partial charge in [0.25, 0.3) is 0 Å². The van der Waals surface area contributed by atoms with E-state index in [0.717, 1.165) is 21.3 Å². The van der Waals surface area contributed by atoms with E-state index >= 15 is 0 Å². The number of nitrogens with one attached hydrogen (secondary N) is 1. The maximum Gasteiger partial charge on any atom is 0.126 e. The number of benzene rings is 3.